The summed E-state index contributed by atoms with van der Waals surface area (Å²) in [6, 6.07) is 47.7. The van der Waals surface area contributed by atoms with Crippen LogP contribution in [-0.4, -0.2) is 85.6 Å². The summed E-state index contributed by atoms with van der Waals surface area (Å²) in [5.74, 6) is 0. The van der Waals surface area contributed by atoms with Crippen LogP contribution < -0.4 is 22.9 Å². The monoisotopic (exact) mass is 1970 g/mol. The third-order valence-electron chi connectivity index (χ3n) is 22.9. The molecule has 0 aliphatic carbocycles. The Hall–Kier alpha value is -6.89. The third-order valence-corrected chi connectivity index (χ3v) is 35.5. The van der Waals surface area contributed by atoms with Gasteiger partial charge in [-0.25, -0.2) is 33.7 Å². The van der Waals surface area contributed by atoms with Gasteiger partial charge in [-0.15, -0.1) is 0 Å². The van der Waals surface area contributed by atoms with Gasteiger partial charge in [-0.1, -0.05) is 380 Å². The summed E-state index contributed by atoms with van der Waals surface area (Å²) in [6.45, 7) is 8.75. The molecule has 0 radical (unpaired) electrons. The Morgan fingerprint density at radius 2 is 0.318 bits per heavy atom. The first-order valence-electron chi connectivity index (χ1n) is 45.4. The van der Waals surface area contributed by atoms with Gasteiger partial charge in [0.25, 0.3) is 40.5 Å². The van der Waals surface area contributed by atoms with Crippen molar-refractivity contribution in [2.75, 3.05) is 22.9 Å². The molecule has 4 atom stereocenters. The molecule has 0 saturated heterocycles. The minimum Gasteiger partial charge on any atom is -0.398 e. The fourth-order valence-corrected chi connectivity index (χ4v) is 27.3. The van der Waals surface area contributed by atoms with Crippen molar-refractivity contribution < 1.29 is 107 Å². The van der Waals surface area contributed by atoms with E-state index in [1.165, 1.54) is 250 Å². The molecule has 0 spiro atoms. The van der Waals surface area contributed by atoms with E-state index in [4.69, 9.17) is 22.9 Å². The van der Waals surface area contributed by atoms with E-state index in [-0.39, 0.29) is 132 Å². The molecule has 8 rings (SSSR count). The van der Waals surface area contributed by atoms with Crippen LogP contribution in [-0.2, 0) is 102 Å². The topological polar surface area (TPSA) is 458 Å². The number of rotatable bonds is 56. The smallest absolute Gasteiger partial charge is 0.294 e. The Bertz CT molecular complexity index is 4960. The first kappa shape index (κ1) is 114. The predicted molar refractivity (Wildman–Crippen MR) is 516 cm³/mol. The van der Waals surface area contributed by atoms with Crippen LogP contribution in [0.3, 0.4) is 0 Å². The number of hydrogen-bond donors (Lipinski definition) is 8. The number of nitrogen functional groups attached to an aromatic ring is 4. The van der Waals surface area contributed by atoms with Gasteiger partial charge in [-0.2, -0.15) is 33.7 Å². The molecule has 0 heterocycles. The molecule has 8 aromatic rings. The molecule has 0 aliphatic heterocycles. The number of nitrogens with two attached hydrogens (primary N) is 4. The summed E-state index contributed by atoms with van der Waals surface area (Å²) in [6.07, 6.45) is 39.9. The van der Waals surface area contributed by atoms with Gasteiger partial charge in [0.15, 0.2) is 39.3 Å². The van der Waals surface area contributed by atoms with E-state index in [0.717, 1.165) is 77.0 Å². The quantitative estimate of drug-likeness (QED) is 0.00759. The van der Waals surface area contributed by atoms with Gasteiger partial charge in [0, 0.05) is 21.7 Å². The SMILES string of the molecule is CCCCCCCCCCCC(c1ccccc1S(=O)(=O)O)S(=O)(=O)c1ccccc1N.CCCCCCCCCCCC(c1ccccc1S(=O)(=O)O)S(=O)(=O)c1ccccc1N.CCCCCCCCCCCC(c1ccccc1S(=O)(=O)O)S(=O)(=O)c1ccccc1N.CCCCCCCCCCCC(c1ccccc1S(=O)(=O)O)S(=O)(=O)c1ccccc1N.[Ti]. The Kier molecular flexibility index (Phi) is 51.7. The standard InChI is InChI=1S/4C24H35NO5S2.Ti/c4*1-2-3-4-5-6-7-8-9-10-17-22(20-15-11-13-18-23(20)32(28,29)30)31(26,27)24-19-14-12-16-21(24)25;/h4*11-16,18-19,22H,2-10,17,25H2,1H3,(H,28,29,30);. The van der Waals surface area contributed by atoms with Crippen LogP contribution in [0.15, 0.2) is 233 Å². The summed E-state index contributed by atoms with van der Waals surface area (Å²) >= 11 is 0. The van der Waals surface area contributed by atoms with Crippen LogP contribution in [0.2, 0.25) is 0 Å². The Morgan fingerprint density at radius 3 is 0.457 bits per heavy atom. The summed E-state index contributed by atoms with van der Waals surface area (Å²) in [7, 11) is -34.2. The first-order valence-corrected chi connectivity index (χ1v) is 57.3. The van der Waals surface area contributed by atoms with Gasteiger partial charge in [-0.05, 0) is 121 Å². The van der Waals surface area contributed by atoms with Gasteiger partial charge in [0.2, 0.25) is 0 Å². The van der Waals surface area contributed by atoms with E-state index >= 15 is 0 Å². The first-order chi connectivity index (χ1) is 60.8. The van der Waals surface area contributed by atoms with Crippen LogP contribution in [0.25, 0.3) is 0 Å². The van der Waals surface area contributed by atoms with Gasteiger partial charge >= 0.3 is 0 Å². The van der Waals surface area contributed by atoms with Crippen molar-refractivity contribution in [2.45, 2.75) is 345 Å². The van der Waals surface area contributed by atoms with E-state index in [1.807, 2.05) is 0 Å². The second-order valence-corrected chi connectivity index (χ2v) is 46.8. The van der Waals surface area contributed by atoms with Crippen LogP contribution in [0.1, 0.15) is 328 Å². The molecule has 0 amide bonds. The van der Waals surface area contributed by atoms with E-state index < -0.39 is 101 Å². The van der Waals surface area contributed by atoms with Crippen molar-refractivity contribution in [3.05, 3.63) is 216 Å². The third kappa shape index (κ3) is 37.8. The van der Waals surface area contributed by atoms with Crippen molar-refractivity contribution in [3.63, 3.8) is 0 Å². The van der Waals surface area contributed by atoms with Gasteiger partial charge in [0.1, 0.15) is 0 Å². The molecule has 12 N–H and O–H groups in total. The van der Waals surface area contributed by atoms with E-state index in [0.29, 0.717) is 25.7 Å². The average molecular weight is 1970 g/mol. The maximum absolute atomic E-state index is 13.5. The zero-order chi connectivity index (χ0) is 94.5. The maximum atomic E-state index is 13.5. The zero-order valence-corrected chi connectivity index (χ0v) is 83.6. The molecule has 33 heteroatoms. The molecule has 0 saturated carbocycles. The molecule has 0 bridgehead atoms. The van der Waals surface area contributed by atoms with Gasteiger partial charge in [-0.3, -0.25) is 18.2 Å². The van der Waals surface area contributed by atoms with E-state index in [2.05, 4.69) is 27.7 Å². The van der Waals surface area contributed by atoms with Crippen LogP contribution in [0.5, 0.6) is 0 Å². The number of para-hydroxylation sites is 4. The molecule has 0 fully saturated rings. The second-order valence-electron chi connectivity index (χ2n) is 32.8. The van der Waals surface area contributed by atoms with E-state index in [9.17, 15) is 85.6 Å². The molecule has 716 valence electrons. The number of anilines is 4. The molecule has 8 aromatic carbocycles. The zero-order valence-electron chi connectivity index (χ0n) is 75.5. The fourth-order valence-electron chi connectivity index (χ4n) is 16.0. The van der Waals surface area contributed by atoms with Crippen molar-refractivity contribution in [1.29, 1.82) is 0 Å². The Labute approximate surface area is 787 Å². The minimum atomic E-state index is -4.58. The normalized spacial score (nSPS) is 13.1. The molecule has 129 heavy (non-hydrogen) atoms. The minimum absolute atomic E-state index is 0. The van der Waals surface area contributed by atoms with Crippen LogP contribution in [0.4, 0.5) is 22.7 Å². The average Bonchev–Trinajstić information content (AvgIpc) is 0.783. The van der Waals surface area contributed by atoms with Crippen molar-refractivity contribution >= 4 is 103 Å². The maximum Gasteiger partial charge on any atom is 0.294 e. The summed E-state index contributed by atoms with van der Waals surface area (Å²) in [5, 5.41) is -4.46. The second kappa shape index (κ2) is 58.3. The number of sulfone groups is 4. The van der Waals surface area contributed by atoms with Gasteiger partial charge < -0.3 is 22.9 Å². The molecule has 24 nitrogen and oxygen atoms in total. The van der Waals surface area contributed by atoms with Crippen LogP contribution in [0, 0.1) is 0 Å². The van der Waals surface area contributed by atoms with E-state index in [1.54, 1.807) is 72.8 Å². The van der Waals surface area contributed by atoms with Crippen molar-refractivity contribution in [2.24, 2.45) is 0 Å². The summed E-state index contributed by atoms with van der Waals surface area (Å²) in [5.41, 5.74) is 24.6. The number of hydrogen-bond acceptors (Lipinski definition) is 20. The molecule has 4 unspecified atom stereocenters. The summed E-state index contributed by atoms with van der Waals surface area (Å²) < 4.78 is 243. The fraction of sp³-hybridized carbons (Fsp3) is 0.500. The summed E-state index contributed by atoms with van der Waals surface area (Å²) in [4.78, 5) is -1.59. The molecular weight excluding hydrogens is 1830 g/mol. The Morgan fingerprint density at radius 1 is 0.194 bits per heavy atom. The molecular formula is C96H140N4O20S8Ti. The number of benzene rings is 8. The molecule has 0 aromatic heterocycles. The van der Waals surface area contributed by atoms with Crippen molar-refractivity contribution in [1.82, 2.24) is 0 Å². The van der Waals surface area contributed by atoms with Crippen LogP contribution >= 0.6 is 0 Å². The Balaban J connectivity index is 0.000000359. The number of unbranched alkanes of at least 4 members (excludes halogenated alkanes) is 32. The molecule has 0 aliphatic rings. The van der Waals surface area contributed by atoms with Crippen molar-refractivity contribution in [3.8, 4) is 0 Å². The predicted octanol–water partition coefficient (Wildman–Crippen LogP) is 23.8. The largest absolute Gasteiger partial charge is 0.398 e. The van der Waals surface area contributed by atoms with Gasteiger partial charge in [0.05, 0.1) is 82.9 Å².